The zero-order valence-electron chi connectivity index (χ0n) is 11.7. The summed E-state index contributed by atoms with van der Waals surface area (Å²) >= 11 is 0. The van der Waals surface area contributed by atoms with Gasteiger partial charge in [-0.2, -0.15) is 5.10 Å². The number of aromatic nitrogens is 2. The Kier molecular flexibility index (Phi) is 3.09. The Bertz CT molecular complexity index is 725. The molecule has 1 aromatic carbocycles. The fourth-order valence-corrected chi connectivity index (χ4v) is 2.51. The molecule has 3 aromatic rings. The van der Waals surface area contributed by atoms with Crippen molar-refractivity contribution in [3.05, 3.63) is 60.7 Å². The van der Waals surface area contributed by atoms with Gasteiger partial charge in [0, 0.05) is 11.6 Å². The van der Waals surface area contributed by atoms with E-state index in [0.717, 1.165) is 29.2 Å². The molecule has 0 amide bonds. The van der Waals surface area contributed by atoms with Crippen molar-refractivity contribution in [3.8, 4) is 16.9 Å². The van der Waals surface area contributed by atoms with E-state index in [2.05, 4.69) is 22.5 Å². The average molecular weight is 279 g/mol. The standard InChI is InChI=1S/C17H17N3O/c1-2-4-14(5-3-1)20-16(8-10-19-20)15-9-11-21-17(15)12-18-13-6-7-13/h1-5,8-11,13,18H,6-7,12H2. The number of nitrogens with one attached hydrogen (secondary N) is 1. The zero-order chi connectivity index (χ0) is 14.1. The predicted octanol–water partition coefficient (Wildman–Crippen LogP) is 3.38. The van der Waals surface area contributed by atoms with E-state index in [0.29, 0.717) is 6.04 Å². The summed E-state index contributed by atoms with van der Waals surface area (Å²) in [4.78, 5) is 0. The largest absolute Gasteiger partial charge is 0.467 e. The molecule has 1 aliphatic carbocycles. The van der Waals surface area contributed by atoms with Gasteiger partial charge in [-0.25, -0.2) is 4.68 Å². The number of hydrogen-bond donors (Lipinski definition) is 1. The van der Waals surface area contributed by atoms with Gasteiger partial charge in [-0.3, -0.25) is 0 Å². The van der Waals surface area contributed by atoms with Gasteiger partial charge in [-0.15, -0.1) is 0 Å². The Morgan fingerprint density at radius 3 is 2.81 bits per heavy atom. The van der Waals surface area contributed by atoms with Gasteiger partial charge in [0.2, 0.25) is 0 Å². The van der Waals surface area contributed by atoms with Crippen LogP contribution < -0.4 is 5.32 Å². The highest BCUT2D eigenvalue weighted by Crippen LogP contribution is 2.28. The lowest BCUT2D eigenvalue weighted by atomic mass is 10.1. The number of rotatable bonds is 5. The van der Waals surface area contributed by atoms with Crippen LogP contribution in [0.1, 0.15) is 18.6 Å². The van der Waals surface area contributed by atoms with E-state index in [1.807, 2.05) is 41.2 Å². The summed E-state index contributed by atoms with van der Waals surface area (Å²) in [6.07, 6.45) is 6.13. The monoisotopic (exact) mass is 279 g/mol. The fourth-order valence-electron chi connectivity index (χ4n) is 2.51. The van der Waals surface area contributed by atoms with E-state index in [1.165, 1.54) is 12.8 Å². The molecule has 106 valence electrons. The molecule has 4 heteroatoms. The molecule has 0 unspecified atom stereocenters. The molecule has 2 aromatic heterocycles. The first kappa shape index (κ1) is 12.4. The third-order valence-electron chi connectivity index (χ3n) is 3.79. The summed E-state index contributed by atoms with van der Waals surface area (Å²) in [7, 11) is 0. The lowest BCUT2D eigenvalue weighted by Gasteiger charge is -2.08. The van der Waals surface area contributed by atoms with Gasteiger partial charge < -0.3 is 9.73 Å². The van der Waals surface area contributed by atoms with Crippen LogP contribution in [0.15, 0.2) is 59.3 Å². The molecule has 1 aliphatic rings. The molecule has 0 atom stereocenters. The molecule has 0 radical (unpaired) electrons. The first-order valence-electron chi connectivity index (χ1n) is 7.31. The van der Waals surface area contributed by atoms with Crippen LogP contribution in [-0.2, 0) is 6.54 Å². The Labute approximate surface area is 123 Å². The second-order valence-electron chi connectivity index (χ2n) is 5.38. The molecular weight excluding hydrogens is 262 g/mol. The van der Waals surface area contributed by atoms with Crippen LogP contribution >= 0.6 is 0 Å². The molecule has 0 bridgehead atoms. The van der Waals surface area contributed by atoms with E-state index >= 15 is 0 Å². The minimum absolute atomic E-state index is 0.669. The van der Waals surface area contributed by atoms with Crippen molar-refractivity contribution in [3.63, 3.8) is 0 Å². The summed E-state index contributed by atoms with van der Waals surface area (Å²) in [6, 6.07) is 14.9. The van der Waals surface area contributed by atoms with Gasteiger partial charge in [0.15, 0.2) is 0 Å². The molecule has 4 nitrogen and oxygen atoms in total. The number of benzene rings is 1. The molecule has 1 fully saturated rings. The van der Waals surface area contributed by atoms with Gasteiger partial charge in [0.1, 0.15) is 5.76 Å². The van der Waals surface area contributed by atoms with Crippen molar-refractivity contribution in [1.82, 2.24) is 15.1 Å². The lowest BCUT2D eigenvalue weighted by molar-refractivity contribution is 0.483. The molecule has 21 heavy (non-hydrogen) atoms. The lowest BCUT2D eigenvalue weighted by Crippen LogP contribution is -2.15. The average Bonchev–Trinajstić information content (AvgIpc) is 3.04. The van der Waals surface area contributed by atoms with Crippen molar-refractivity contribution in [2.75, 3.05) is 0 Å². The topological polar surface area (TPSA) is 43.0 Å². The van der Waals surface area contributed by atoms with Crippen molar-refractivity contribution < 1.29 is 4.42 Å². The summed E-state index contributed by atoms with van der Waals surface area (Å²) in [5.74, 6) is 0.972. The molecule has 2 heterocycles. The molecule has 0 saturated heterocycles. The number of furan rings is 1. The normalized spacial score (nSPS) is 14.5. The first-order chi connectivity index (χ1) is 10.4. The Hall–Kier alpha value is -2.33. The second-order valence-corrected chi connectivity index (χ2v) is 5.38. The Balaban J connectivity index is 1.68. The van der Waals surface area contributed by atoms with E-state index in [9.17, 15) is 0 Å². The summed E-state index contributed by atoms with van der Waals surface area (Å²) < 4.78 is 7.60. The van der Waals surface area contributed by atoms with Crippen LogP contribution in [0, 0.1) is 0 Å². The highest BCUT2D eigenvalue weighted by Gasteiger charge is 2.22. The summed E-state index contributed by atoms with van der Waals surface area (Å²) in [5.41, 5.74) is 3.21. The third-order valence-corrected chi connectivity index (χ3v) is 3.79. The molecule has 1 N–H and O–H groups in total. The van der Waals surface area contributed by atoms with Crippen molar-refractivity contribution in [2.24, 2.45) is 0 Å². The molecule has 4 rings (SSSR count). The van der Waals surface area contributed by atoms with Gasteiger partial charge >= 0.3 is 0 Å². The van der Waals surface area contributed by atoms with E-state index in [4.69, 9.17) is 4.42 Å². The van der Waals surface area contributed by atoms with Gasteiger partial charge in [-0.05, 0) is 37.1 Å². The van der Waals surface area contributed by atoms with Crippen LogP contribution in [0.25, 0.3) is 16.9 Å². The smallest absolute Gasteiger partial charge is 0.126 e. The predicted molar refractivity (Wildman–Crippen MR) is 81.1 cm³/mol. The van der Waals surface area contributed by atoms with Gasteiger partial charge in [-0.1, -0.05) is 18.2 Å². The number of hydrogen-bond acceptors (Lipinski definition) is 3. The maximum atomic E-state index is 5.65. The van der Waals surface area contributed by atoms with Crippen LogP contribution in [0.4, 0.5) is 0 Å². The highest BCUT2D eigenvalue weighted by atomic mass is 16.3. The van der Waals surface area contributed by atoms with Crippen molar-refractivity contribution in [2.45, 2.75) is 25.4 Å². The quantitative estimate of drug-likeness (QED) is 0.778. The third kappa shape index (κ3) is 2.50. The van der Waals surface area contributed by atoms with Gasteiger partial charge in [0.05, 0.1) is 30.4 Å². The fraction of sp³-hybridized carbons (Fsp3) is 0.235. The SMILES string of the molecule is c1ccc(-n2nccc2-c2ccoc2CNC2CC2)cc1. The van der Waals surface area contributed by atoms with E-state index in [-0.39, 0.29) is 0 Å². The summed E-state index contributed by atoms with van der Waals surface area (Å²) in [6.45, 7) is 0.771. The van der Waals surface area contributed by atoms with Gasteiger partial charge in [0.25, 0.3) is 0 Å². The minimum Gasteiger partial charge on any atom is -0.467 e. The van der Waals surface area contributed by atoms with Crippen LogP contribution in [0.5, 0.6) is 0 Å². The van der Waals surface area contributed by atoms with E-state index in [1.54, 1.807) is 6.26 Å². The second kappa shape index (κ2) is 5.22. The maximum absolute atomic E-state index is 5.65. The molecular formula is C17H17N3O. The summed E-state index contributed by atoms with van der Waals surface area (Å²) in [5, 5.41) is 7.94. The van der Waals surface area contributed by atoms with Crippen molar-refractivity contribution >= 4 is 0 Å². The Morgan fingerprint density at radius 1 is 1.14 bits per heavy atom. The maximum Gasteiger partial charge on any atom is 0.126 e. The Morgan fingerprint density at radius 2 is 2.00 bits per heavy atom. The zero-order valence-corrected chi connectivity index (χ0v) is 11.7. The first-order valence-corrected chi connectivity index (χ1v) is 7.31. The van der Waals surface area contributed by atoms with Crippen molar-refractivity contribution in [1.29, 1.82) is 0 Å². The van der Waals surface area contributed by atoms with Crippen LogP contribution in [-0.4, -0.2) is 15.8 Å². The molecule has 0 spiro atoms. The number of nitrogens with zero attached hydrogens (tertiary/aromatic N) is 2. The molecule has 0 aliphatic heterocycles. The number of para-hydroxylation sites is 1. The van der Waals surface area contributed by atoms with E-state index < -0.39 is 0 Å². The molecule has 1 saturated carbocycles. The van der Waals surface area contributed by atoms with Crippen LogP contribution in [0.2, 0.25) is 0 Å². The highest BCUT2D eigenvalue weighted by molar-refractivity contribution is 5.63. The van der Waals surface area contributed by atoms with Crippen LogP contribution in [0.3, 0.4) is 0 Å². The minimum atomic E-state index is 0.669.